The molecule has 74 valence electrons. The van der Waals surface area contributed by atoms with Gasteiger partial charge >= 0.3 is 0 Å². The van der Waals surface area contributed by atoms with Gasteiger partial charge in [-0.15, -0.1) is 12.3 Å². The first-order chi connectivity index (χ1) is 6.20. The highest BCUT2D eigenvalue weighted by atomic mass is 16.3. The van der Waals surface area contributed by atoms with E-state index in [2.05, 4.69) is 11.2 Å². The fourth-order valence-corrected chi connectivity index (χ4v) is 0.856. The van der Waals surface area contributed by atoms with Gasteiger partial charge in [0.1, 0.15) is 0 Å². The molecule has 1 atom stereocenters. The van der Waals surface area contributed by atoms with E-state index in [9.17, 15) is 4.79 Å². The molecule has 0 aromatic rings. The fourth-order valence-electron chi connectivity index (χ4n) is 0.856. The Labute approximate surface area is 79.5 Å². The van der Waals surface area contributed by atoms with Gasteiger partial charge in [0, 0.05) is 19.4 Å². The number of carbonyl (C=O) groups excluding carboxylic acids is 1. The summed E-state index contributed by atoms with van der Waals surface area (Å²) in [4.78, 5) is 11.0. The third-order valence-corrected chi connectivity index (χ3v) is 1.77. The summed E-state index contributed by atoms with van der Waals surface area (Å²) in [5, 5.41) is 11.9. The molecule has 0 saturated carbocycles. The second-order valence-electron chi connectivity index (χ2n) is 2.90. The number of rotatable bonds is 6. The predicted octanol–water partition coefficient (Wildman–Crippen LogP) is 0.677. The smallest absolute Gasteiger partial charge is 0.220 e. The van der Waals surface area contributed by atoms with E-state index < -0.39 is 0 Å². The highest BCUT2D eigenvalue weighted by Crippen LogP contribution is 1.94. The Morgan fingerprint density at radius 3 is 2.92 bits per heavy atom. The standard InChI is InChI=1S/C10H17NO2/c1-3-5-6-10(13)11-8-7-9(12)4-2/h1,9,12H,4-8H2,2H3,(H,11,13). The van der Waals surface area contributed by atoms with Crippen molar-refractivity contribution in [2.24, 2.45) is 0 Å². The minimum atomic E-state index is -0.312. The van der Waals surface area contributed by atoms with Gasteiger partial charge in [0.2, 0.25) is 5.91 Å². The molecule has 0 rings (SSSR count). The van der Waals surface area contributed by atoms with E-state index in [0.717, 1.165) is 6.42 Å². The van der Waals surface area contributed by atoms with Crippen molar-refractivity contribution in [1.82, 2.24) is 5.32 Å². The van der Waals surface area contributed by atoms with E-state index in [1.807, 2.05) is 6.92 Å². The van der Waals surface area contributed by atoms with Crippen LogP contribution < -0.4 is 5.32 Å². The molecule has 3 nitrogen and oxygen atoms in total. The average molecular weight is 183 g/mol. The Morgan fingerprint density at radius 2 is 2.38 bits per heavy atom. The Balaban J connectivity index is 3.32. The lowest BCUT2D eigenvalue weighted by molar-refractivity contribution is -0.121. The normalized spacial score (nSPS) is 11.8. The highest BCUT2D eigenvalue weighted by Gasteiger charge is 2.02. The summed E-state index contributed by atoms with van der Waals surface area (Å²) >= 11 is 0. The third-order valence-electron chi connectivity index (χ3n) is 1.77. The minimum Gasteiger partial charge on any atom is -0.393 e. The monoisotopic (exact) mass is 183 g/mol. The van der Waals surface area contributed by atoms with Crippen molar-refractivity contribution in [2.45, 2.75) is 38.7 Å². The number of amides is 1. The Bertz CT molecular complexity index is 184. The number of hydrogen-bond acceptors (Lipinski definition) is 2. The van der Waals surface area contributed by atoms with Crippen LogP contribution in [0.2, 0.25) is 0 Å². The van der Waals surface area contributed by atoms with E-state index in [1.165, 1.54) is 0 Å². The molecule has 0 radical (unpaired) electrons. The molecule has 1 amide bonds. The number of aliphatic hydroxyl groups is 1. The van der Waals surface area contributed by atoms with Gasteiger partial charge in [-0.2, -0.15) is 0 Å². The van der Waals surface area contributed by atoms with Crippen LogP contribution in [0.4, 0.5) is 0 Å². The lowest BCUT2D eigenvalue weighted by Gasteiger charge is -2.07. The second kappa shape index (κ2) is 7.63. The molecule has 0 aromatic carbocycles. The van der Waals surface area contributed by atoms with Crippen LogP contribution in [0, 0.1) is 12.3 Å². The largest absolute Gasteiger partial charge is 0.393 e. The summed E-state index contributed by atoms with van der Waals surface area (Å²) in [6.45, 7) is 2.43. The molecule has 2 N–H and O–H groups in total. The minimum absolute atomic E-state index is 0.0405. The molecule has 0 fully saturated rings. The van der Waals surface area contributed by atoms with Gasteiger partial charge < -0.3 is 10.4 Å². The van der Waals surface area contributed by atoms with Crippen molar-refractivity contribution in [3.63, 3.8) is 0 Å². The summed E-state index contributed by atoms with van der Waals surface area (Å²) in [6.07, 6.45) is 6.87. The highest BCUT2D eigenvalue weighted by molar-refractivity contribution is 5.76. The molecule has 0 aliphatic carbocycles. The molecular formula is C10H17NO2. The molecule has 0 bridgehead atoms. The molecule has 1 unspecified atom stereocenters. The number of nitrogens with one attached hydrogen (secondary N) is 1. The summed E-state index contributed by atoms with van der Waals surface area (Å²) in [5.41, 5.74) is 0. The molecule has 0 heterocycles. The summed E-state index contributed by atoms with van der Waals surface area (Å²) in [7, 11) is 0. The van der Waals surface area contributed by atoms with E-state index in [-0.39, 0.29) is 12.0 Å². The van der Waals surface area contributed by atoms with Crippen LogP contribution in [0.5, 0.6) is 0 Å². The van der Waals surface area contributed by atoms with Crippen LogP contribution >= 0.6 is 0 Å². The molecule has 0 aliphatic heterocycles. The van der Waals surface area contributed by atoms with Crippen molar-refractivity contribution >= 4 is 5.91 Å². The van der Waals surface area contributed by atoms with Crippen molar-refractivity contribution in [2.75, 3.05) is 6.54 Å². The Kier molecular flexibility index (Phi) is 7.04. The van der Waals surface area contributed by atoms with Gasteiger partial charge in [0.05, 0.1) is 6.10 Å². The fraction of sp³-hybridized carbons (Fsp3) is 0.700. The summed E-state index contributed by atoms with van der Waals surface area (Å²) in [5.74, 6) is 2.36. The van der Waals surface area contributed by atoms with E-state index in [4.69, 9.17) is 11.5 Å². The molecule has 0 aliphatic rings. The van der Waals surface area contributed by atoms with Gasteiger partial charge in [0.25, 0.3) is 0 Å². The van der Waals surface area contributed by atoms with E-state index in [1.54, 1.807) is 0 Å². The molecular weight excluding hydrogens is 166 g/mol. The zero-order valence-electron chi connectivity index (χ0n) is 8.05. The van der Waals surface area contributed by atoms with Crippen LogP contribution in [0.15, 0.2) is 0 Å². The maximum absolute atomic E-state index is 11.0. The first-order valence-electron chi connectivity index (χ1n) is 4.59. The van der Waals surface area contributed by atoms with E-state index >= 15 is 0 Å². The zero-order chi connectivity index (χ0) is 10.1. The van der Waals surface area contributed by atoms with Gasteiger partial charge in [-0.25, -0.2) is 0 Å². The zero-order valence-corrected chi connectivity index (χ0v) is 8.05. The molecule has 3 heteroatoms. The van der Waals surface area contributed by atoms with Crippen LogP contribution in [0.3, 0.4) is 0 Å². The van der Waals surface area contributed by atoms with Crippen LogP contribution in [-0.2, 0) is 4.79 Å². The first-order valence-corrected chi connectivity index (χ1v) is 4.59. The van der Waals surface area contributed by atoms with Gasteiger partial charge in [-0.05, 0) is 12.8 Å². The van der Waals surface area contributed by atoms with Crippen LogP contribution in [0.25, 0.3) is 0 Å². The van der Waals surface area contributed by atoms with Crippen molar-refractivity contribution in [1.29, 1.82) is 0 Å². The third kappa shape index (κ3) is 7.35. The quantitative estimate of drug-likeness (QED) is 0.595. The summed E-state index contributed by atoms with van der Waals surface area (Å²) < 4.78 is 0. The molecule has 0 spiro atoms. The Morgan fingerprint density at radius 1 is 1.69 bits per heavy atom. The van der Waals surface area contributed by atoms with Gasteiger partial charge in [0.15, 0.2) is 0 Å². The molecule has 13 heavy (non-hydrogen) atoms. The summed E-state index contributed by atoms with van der Waals surface area (Å²) in [6, 6.07) is 0. The van der Waals surface area contributed by atoms with Crippen LogP contribution in [0.1, 0.15) is 32.6 Å². The number of aliphatic hydroxyl groups excluding tert-OH is 1. The van der Waals surface area contributed by atoms with Crippen LogP contribution in [-0.4, -0.2) is 23.7 Å². The van der Waals surface area contributed by atoms with E-state index in [0.29, 0.717) is 25.8 Å². The lowest BCUT2D eigenvalue weighted by atomic mass is 10.2. The molecule has 0 aromatic heterocycles. The predicted molar refractivity (Wildman–Crippen MR) is 52.0 cm³/mol. The van der Waals surface area contributed by atoms with Crippen molar-refractivity contribution in [3.05, 3.63) is 0 Å². The average Bonchev–Trinajstić information content (AvgIpc) is 2.14. The topological polar surface area (TPSA) is 49.3 Å². The number of carbonyl (C=O) groups is 1. The first kappa shape index (κ1) is 12.0. The van der Waals surface area contributed by atoms with Gasteiger partial charge in [-0.3, -0.25) is 4.79 Å². The van der Waals surface area contributed by atoms with Crippen molar-refractivity contribution < 1.29 is 9.90 Å². The second-order valence-corrected chi connectivity index (χ2v) is 2.90. The molecule has 0 saturated heterocycles. The van der Waals surface area contributed by atoms with Gasteiger partial charge in [-0.1, -0.05) is 6.92 Å². The maximum Gasteiger partial charge on any atom is 0.220 e. The number of hydrogen-bond donors (Lipinski definition) is 2. The lowest BCUT2D eigenvalue weighted by Crippen LogP contribution is -2.26. The maximum atomic E-state index is 11.0. The SMILES string of the molecule is C#CCCC(=O)NCCC(O)CC. The number of terminal acetylenes is 1. The Hall–Kier alpha value is -1.01. The van der Waals surface area contributed by atoms with Crippen molar-refractivity contribution in [3.8, 4) is 12.3 Å².